The van der Waals surface area contributed by atoms with Crippen LogP contribution in [0.2, 0.25) is 0 Å². The van der Waals surface area contributed by atoms with Gasteiger partial charge in [0.25, 0.3) is 0 Å². The van der Waals surface area contributed by atoms with E-state index in [-0.39, 0.29) is 11.5 Å². The highest BCUT2D eigenvalue weighted by Gasteiger charge is 2.38. The van der Waals surface area contributed by atoms with Gasteiger partial charge >= 0.3 is 0 Å². The van der Waals surface area contributed by atoms with Gasteiger partial charge in [0.1, 0.15) is 12.4 Å². The summed E-state index contributed by atoms with van der Waals surface area (Å²) in [6, 6.07) is 7.19. The summed E-state index contributed by atoms with van der Waals surface area (Å²) < 4.78 is 10.9. The maximum atomic E-state index is 11.8. The number of nitrogens with two attached hydrogens (primary N) is 1. The molecular formula is C15H22N2O3. The van der Waals surface area contributed by atoms with Crippen LogP contribution in [0.25, 0.3) is 0 Å². The minimum absolute atomic E-state index is 0.0208. The molecule has 20 heavy (non-hydrogen) atoms. The normalized spacial score (nSPS) is 16.2. The van der Waals surface area contributed by atoms with Gasteiger partial charge in [0.05, 0.1) is 18.6 Å². The highest BCUT2D eigenvalue weighted by molar-refractivity contribution is 5.77. The number of ether oxygens (including phenoxy) is 2. The Morgan fingerprint density at radius 2 is 2.05 bits per heavy atom. The standard InChI is InChI=1S/C15H22N2O3/c1-19-15(7-2-8-15)11-14(18)17-9-10-20-13-5-3-12(16)4-6-13/h3-6H,2,7-11,16H2,1H3,(H,17,18). The molecule has 1 aromatic carbocycles. The molecule has 0 aromatic heterocycles. The number of anilines is 1. The number of carbonyl (C=O) groups excluding carboxylic acids is 1. The first kappa shape index (κ1) is 14.7. The Bertz CT molecular complexity index is 435. The van der Waals surface area contributed by atoms with Crippen LogP contribution in [-0.4, -0.2) is 31.8 Å². The average molecular weight is 278 g/mol. The number of carbonyl (C=O) groups is 1. The maximum absolute atomic E-state index is 11.8. The number of nitrogen functional groups attached to an aromatic ring is 1. The molecule has 3 N–H and O–H groups in total. The summed E-state index contributed by atoms with van der Waals surface area (Å²) >= 11 is 0. The Balaban J connectivity index is 1.63. The van der Waals surface area contributed by atoms with Crippen LogP contribution in [-0.2, 0) is 9.53 Å². The highest BCUT2D eigenvalue weighted by Crippen LogP contribution is 2.37. The molecule has 1 aromatic rings. The Hall–Kier alpha value is -1.75. The van der Waals surface area contributed by atoms with Crippen LogP contribution in [0.4, 0.5) is 5.69 Å². The Morgan fingerprint density at radius 1 is 1.35 bits per heavy atom. The fourth-order valence-corrected chi connectivity index (χ4v) is 2.30. The number of hydrogen-bond acceptors (Lipinski definition) is 4. The van der Waals surface area contributed by atoms with Gasteiger partial charge in [-0.1, -0.05) is 0 Å². The fraction of sp³-hybridized carbons (Fsp3) is 0.533. The first-order valence-corrected chi connectivity index (χ1v) is 6.94. The van der Waals surface area contributed by atoms with Crippen LogP contribution < -0.4 is 15.8 Å². The second-order valence-corrected chi connectivity index (χ2v) is 5.18. The largest absolute Gasteiger partial charge is 0.492 e. The average Bonchev–Trinajstić information content (AvgIpc) is 2.41. The van der Waals surface area contributed by atoms with Gasteiger partial charge < -0.3 is 20.5 Å². The van der Waals surface area contributed by atoms with E-state index in [4.69, 9.17) is 15.2 Å². The van der Waals surface area contributed by atoms with E-state index >= 15 is 0 Å². The number of benzene rings is 1. The minimum atomic E-state index is -0.220. The summed E-state index contributed by atoms with van der Waals surface area (Å²) in [5, 5.41) is 2.85. The van der Waals surface area contributed by atoms with Gasteiger partial charge in [-0.25, -0.2) is 0 Å². The highest BCUT2D eigenvalue weighted by atomic mass is 16.5. The molecule has 5 heteroatoms. The molecule has 1 amide bonds. The summed E-state index contributed by atoms with van der Waals surface area (Å²) in [5.74, 6) is 0.772. The summed E-state index contributed by atoms with van der Waals surface area (Å²) in [5.41, 5.74) is 6.07. The van der Waals surface area contributed by atoms with Crippen molar-refractivity contribution in [2.75, 3.05) is 26.0 Å². The van der Waals surface area contributed by atoms with Crippen molar-refractivity contribution < 1.29 is 14.3 Å². The molecule has 0 bridgehead atoms. The lowest BCUT2D eigenvalue weighted by molar-refractivity contribution is -0.134. The summed E-state index contributed by atoms with van der Waals surface area (Å²) in [6.07, 6.45) is 3.52. The number of rotatable bonds is 7. The number of hydrogen-bond donors (Lipinski definition) is 2. The van der Waals surface area contributed by atoms with Gasteiger partial charge in [-0.15, -0.1) is 0 Å². The Kier molecular flexibility index (Phi) is 4.84. The fourth-order valence-electron chi connectivity index (χ4n) is 2.30. The van der Waals surface area contributed by atoms with Crippen molar-refractivity contribution in [1.82, 2.24) is 5.32 Å². The van der Waals surface area contributed by atoms with Crippen molar-refractivity contribution in [2.24, 2.45) is 0 Å². The molecule has 0 aliphatic heterocycles. The molecule has 1 aliphatic carbocycles. The summed E-state index contributed by atoms with van der Waals surface area (Å²) in [6.45, 7) is 0.929. The van der Waals surface area contributed by atoms with E-state index in [1.54, 1.807) is 19.2 Å². The van der Waals surface area contributed by atoms with Crippen molar-refractivity contribution in [3.8, 4) is 5.75 Å². The second-order valence-electron chi connectivity index (χ2n) is 5.18. The molecule has 5 nitrogen and oxygen atoms in total. The molecule has 0 saturated heterocycles. The van der Waals surface area contributed by atoms with E-state index < -0.39 is 0 Å². The van der Waals surface area contributed by atoms with Crippen LogP contribution in [0.15, 0.2) is 24.3 Å². The minimum Gasteiger partial charge on any atom is -0.492 e. The molecule has 2 rings (SSSR count). The van der Waals surface area contributed by atoms with E-state index in [0.717, 1.165) is 25.0 Å². The maximum Gasteiger partial charge on any atom is 0.223 e. The molecular weight excluding hydrogens is 256 g/mol. The molecule has 0 heterocycles. The predicted molar refractivity (Wildman–Crippen MR) is 77.6 cm³/mol. The van der Waals surface area contributed by atoms with E-state index in [1.165, 1.54) is 0 Å². The molecule has 110 valence electrons. The van der Waals surface area contributed by atoms with Crippen molar-refractivity contribution in [3.05, 3.63) is 24.3 Å². The van der Waals surface area contributed by atoms with E-state index in [1.807, 2.05) is 12.1 Å². The van der Waals surface area contributed by atoms with Gasteiger partial charge in [0.15, 0.2) is 0 Å². The molecule has 0 atom stereocenters. The van der Waals surface area contributed by atoms with Gasteiger partial charge in [-0.2, -0.15) is 0 Å². The van der Waals surface area contributed by atoms with Crippen molar-refractivity contribution in [1.29, 1.82) is 0 Å². The lowest BCUT2D eigenvalue weighted by atomic mass is 9.77. The SMILES string of the molecule is COC1(CC(=O)NCCOc2ccc(N)cc2)CCC1. The van der Waals surface area contributed by atoms with Crippen molar-refractivity contribution >= 4 is 11.6 Å². The van der Waals surface area contributed by atoms with E-state index in [0.29, 0.717) is 25.3 Å². The van der Waals surface area contributed by atoms with Crippen LogP contribution in [0.1, 0.15) is 25.7 Å². The van der Waals surface area contributed by atoms with Crippen molar-refractivity contribution in [2.45, 2.75) is 31.3 Å². The smallest absolute Gasteiger partial charge is 0.223 e. The summed E-state index contributed by atoms with van der Waals surface area (Å²) in [7, 11) is 1.68. The molecule has 1 saturated carbocycles. The van der Waals surface area contributed by atoms with Gasteiger partial charge in [0.2, 0.25) is 5.91 Å². The lowest BCUT2D eigenvalue weighted by Crippen LogP contribution is -2.44. The van der Waals surface area contributed by atoms with E-state index in [2.05, 4.69) is 5.32 Å². The van der Waals surface area contributed by atoms with Crippen molar-refractivity contribution in [3.63, 3.8) is 0 Å². The van der Waals surface area contributed by atoms with E-state index in [9.17, 15) is 4.79 Å². The lowest BCUT2D eigenvalue weighted by Gasteiger charge is -2.39. The van der Waals surface area contributed by atoms with Crippen LogP contribution in [0.5, 0.6) is 5.75 Å². The molecule has 1 fully saturated rings. The number of methoxy groups -OCH3 is 1. The molecule has 1 aliphatic rings. The summed E-state index contributed by atoms with van der Waals surface area (Å²) in [4.78, 5) is 11.8. The van der Waals surface area contributed by atoms with Gasteiger partial charge in [0, 0.05) is 12.8 Å². The van der Waals surface area contributed by atoms with Crippen LogP contribution in [0.3, 0.4) is 0 Å². The monoisotopic (exact) mass is 278 g/mol. The van der Waals surface area contributed by atoms with Gasteiger partial charge in [-0.3, -0.25) is 4.79 Å². The van der Waals surface area contributed by atoms with Crippen LogP contribution in [0, 0.1) is 0 Å². The zero-order chi connectivity index (χ0) is 14.4. The Morgan fingerprint density at radius 3 is 2.60 bits per heavy atom. The quantitative estimate of drug-likeness (QED) is 0.588. The second kappa shape index (κ2) is 6.61. The first-order valence-electron chi connectivity index (χ1n) is 6.94. The Labute approximate surface area is 119 Å². The number of amides is 1. The molecule has 0 spiro atoms. The zero-order valence-corrected chi connectivity index (χ0v) is 11.9. The first-order chi connectivity index (χ1) is 9.63. The third-order valence-corrected chi connectivity index (χ3v) is 3.75. The third kappa shape index (κ3) is 3.87. The molecule has 0 radical (unpaired) electrons. The van der Waals surface area contributed by atoms with Crippen LogP contribution >= 0.6 is 0 Å². The predicted octanol–water partition coefficient (Wildman–Crippen LogP) is 1.72. The third-order valence-electron chi connectivity index (χ3n) is 3.75. The number of nitrogens with one attached hydrogen (secondary N) is 1. The zero-order valence-electron chi connectivity index (χ0n) is 11.9. The molecule has 0 unspecified atom stereocenters. The van der Waals surface area contributed by atoms with Gasteiger partial charge in [-0.05, 0) is 43.5 Å². The topological polar surface area (TPSA) is 73.6 Å².